The summed E-state index contributed by atoms with van der Waals surface area (Å²) in [5.74, 6) is -1.01. The molecule has 0 aromatic carbocycles. The van der Waals surface area contributed by atoms with E-state index < -0.39 is 5.97 Å². The van der Waals surface area contributed by atoms with Crippen molar-refractivity contribution in [2.45, 2.75) is 52.4 Å². The second-order valence-corrected chi connectivity index (χ2v) is 4.42. The number of carbonyl (C=O) groups excluding carboxylic acids is 3. The first-order chi connectivity index (χ1) is 9.52. The zero-order chi connectivity index (χ0) is 15.4. The Bertz CT molecular complexity index is 357. The number of rotatable bonds is 10. The van der Waals surface area contributed by atoms with E-state index in [9.17, 15) is 14.4 Å². The van der Waals surface area contributed by atoms with E-state index in [1.807, 2.05) is 0 Å². The van der Waals surface area contributed by atoms with Crippen LogP contribution in [0.1, 0.15) is 52.4 Å². The van der Waals surface area contributed by atoms with Crippen LogP contribution < -0.4 is 0 Å². The van der Waals surface area contributed by atoms with Crippen molar-refractivity contribution >= 4 is 17.7 Å². The van der Waals surface area contributed by atoms with Gasteiger partial charge in [-0.25, -0.2) is 4.79 Å². The molecule has 0 fully saturated rings. The van der Waals surface area contributed by atoms with E-state index in [2.05, 4.69) is 4.74 Å². The van der Waals surface area contributed by atoms with Crippen LogP contribution in [0.3, 0.4) is 0 Å². The van der Waals surface area contributed by atoms with Crippen LogP contribution in [-0.4, -0.2) is 31.4 Å². The van der Waals surface area contributed by atoms with Gasteiger partial charge in [0, 0.05) is 6.42 Å². The molecule has 0 amide bonds. The average molecular weight is 284 g/mol. The number of unbranched alkanes of at least 4 members (excludes halogenated alkanes) is 4. The van der Waals surface area contributed by atoms with Crippen molar-refractivity contribution in [3.63, 3.8) is 0 Å². The van der Waals surface area contributed by atoms with Gasteiger partial charge in [-0.1, -0.05) is 18.9 Å². The van der Waals surface area contributed by atoms with Crippen molar-refractivity contribution in [2.24, 2.45) is 0 Å². The molecule has 0 spiro atoms. The van der Waals surface area contributed by atoms with Gasteiger partial charge in [-0.3, -0.25) is 9.59 Å². The third kappa shape index (κ3) is 8.45. The van der Waals surface area contributed by atoms with Crippen LogP contribution in [0, 0.1) is 0 Å². The van der Waals surface area contributed by atoms with E-state index in [1.54, 1.807) is 13.0 Å². The Balaban J connectivity index is 3.92. The molecule has 0 radical (unpaired) electrons. The van der Waals surface area contributed by atoms with Gasteiger partial charge in [-0.2, -0.15) is 0 Å². The number of methoxy groups -OCH3 is 1. The van der Waals surface area contributed by atoms with Crippen molar-refractivity contribution < 1.29 is 23.9 Å². The average Bonchev–Trinajstić information content (AvgIpc) is 2.41. The summed E-state index contributed by atoms with van der Waals surface area (Å²) in [6.07, 6.45) is 6.28. The van der Waals surface area contributed by atoms with Gasteiger partial charge in [-0.05, 0) is 33.1 Å². The van der Waals surface area contributed by atoms with Crippen LogP contribution in [0.15, 0.2) is 11.6 Å². The van der Waals surface area contributed by atoms with E-state index in [0.717, 1.165) is 25.7 Å². The molecule has 0 unspecified atom stereocenters. The van der Waals surface area contributed by atoms with Crippen LogP contribution in [0.5, 0.6) is 0 Å². The molecular formula is C15H24O5. The molecule has 0 saturated carbocycles. The maximum atomic E-state index is 11.5. The largest absolute Gasteiger partial charge is 0.469 e. The Morgan fingerprint density at radius 2 is 1.70 bits per heavy atom. The zero-order valence-electron chi connectivity index (χ0n) is 12.6. The molecule has 5 heteroatoms. The normalized spacial score (nSPS) is 11.1. The molecule has 0 heterocycles. The predicted octanol–water partition coefficient (Wildman–Crippen LogP) is 2.58. The first kappa shape index (κ1) is 18.4. The van der Waals surface area contributed by atoms with Crippen molar-refractivity contribution in [3.05, 3.63) is 11.6 Å². The summed E-state index contributed by atoms with van der Waals surface area (Å²) in [5.41, 5.74) is 0.126. The molecule has 20 heavy (non-hydrogen) atoms. The van der Waals surface area contributed by atoms with Crippen LogP contribution in [0.2, 0.25) is 0 Å². The van der Waals surface area contributed by atoms with E-state index >= 15 is 0 Å². The highest BCUT2D eigenvalue weighted by Gasteiger charge is 2.14. The fraction of sp³-hybridized carbons (Fsp3) is 0.667. The van der Waals surface area contributed by atoms with Crippen molar-refractivity contribution in [1.82, 2.24) is 0 Å². The molecule has 0 aliphatic heterocycles. The van der Waals surface area contributed by atoms with Gasteiger partial charge >= 0.3 is 11.9 Å². The lowest BCUT2D eigenvalue weighted by molar-refractivity contribution is -0.141. The number of allylic oxidation sites excluding steroid dienone is 1. The summed E-state index contributed by atoms with van der Waals surface area (Å²) in [4.78, 5) is 33.7. The number of Topliss-reactive ketones (excluding diaryl/α,β-unsaturated/α-hetero) is 1. The van der Waals surface area contributed by atoms with E-state index in [1.165, 1.54) is 14.0 Å². The highest BCUT2D eigenvalue weighted by molar-refractivity contribution is 6.16. The number of esters is 2. The second-order valence-electron chi connectivity index (χ2n) is 4.42. The first-order valence-electron chi connectivity index (χ1n) is 6.98. The molecular weight excluding hydrogens is 260 g/mol. The Kier molecular flexibility index (Phi) is 10.3. The monoisotopic (exact) mass is 284 g/mol. The molecule has 0 atom stereocenters. The Labute approximate surface area is 120 Å². The number of ether oxygens (including phenoxy) is 2. The summed E-state index contributed by atoms with van der Waals surface area (Å²) in [7, 11) is 1.38. The molecule has 0 bridgehead atoms. The highest BCUT2D eigenvalue weighted by Crippen LogP contribution is 2.09. The first-order valence-corrected chi connectivity index (χ1v) is 6.98. The SMILES string of the molecule is CCOC(=O)C(=CCCCCCCC(=O)OC)C(C)=O. The van der Waals surface area contributed by atoms with E-state index in [4.69, 9.17) is 4.74 Å². The van der Waals surface area contributed by atoms with Gasteiger partial charge in [0.1, 0.15) is 0 Å². The Morgan fingerprint density at radius 3 is 2.25 bits per heavy atom. The van der Waals surface area contributed by atoms with Gasteiger partial charge in [0.15, 0.2) is 5.78 Å². The van der Waals surface area contributed by atoms with E-state index in [0.29, 0.717) is 12.8 Å². The highest BCUT2D eigenvalue weighted by atomic mass is 16.5. The van der Waals surface area contributed by atoms with Gasteiger partial charge in [0.05, 0.1) is 19.3 Å². The van der Waals surface area contributed by atoms with Gasteiger partial charge in [0.2, 0.25) is 0 Å². The quantitative estimate of drug-likeness (QED) is 0.203. The molecule has 0 rings (SSSR count). The van der Waals surface area contributed by atoms with Gasteiger partial charge < -0.3 is 9.47 Å². The van der Waals surface area contributed by atoms with E-state index in [-0.39, 0.29) is 23.9 Å². The van der Waals surface area contributed by atoms with Crippen LogP contribution in [0.25, 0.3) is 0 Å². The summed E-state index contributed by atoms with van der Waals surface area (Å²) >= 11 is 0. The van der Waals surface area contributed by atoms with Crippen LogP contribution in [0.4, 0.5) is 0 Å². The Morgan fingerprint density at radius 1 is 1.05 bits per heavy atom. The topological polar surface area (TPSA) is 69.7 Å². The lowest BCUT2D eigenvalue weighted by atomic mass is 10.1. The van der Waals surface area contributed by atoms with Gasteiger partial charge in [-0.15, -0.1) is 0 Å². The van der Waals surface area contributed by atoms with Crippen molar-refractivity contribution in [3.8, 4) is 0 Å². The molecule has 5 nitrogen and oxygen atoms in total. The van der Waals surface area contributed by atoms with Gasteiger partial charge in [0.25, 0.3) is 0 Å². The van der Waals surface area contributed by atoms with Crippen molar-refractivity contribution in [1.29, 1.82) is 0 Å². The molecule has 114 valence electrons. The van der Waals surface area contributed by atoms with Crippen LogP contribution in [-0.2, 0) is 23.9 Å². The third-order valence-corrected chi connectivity index (χ3v) is 2.79. The summed E-state index contributed by atoms with van der Waals surface area (Å²) in [6.45, 7) is 3.33. The Hall–Kier alpha value is -1.65. The second kappa shape index (κ2) is 11.2. The van der Waals surface area contributed by atoms with Crippen molar-refractivity contribution in [2.75, 3.05) is 13.7 Å². The minimum absolute atomic E-state index is 0.126. The lowest BCUT2D eigenvalue weighted by Crippen LogP contribution is -2.13. The standard InChI is InChI=1S/C15H24O5/c1-4-20-15(18)13(12(2)16)10-8-6-5-7-9-11-14(17)19-3/h10H,4-9,11H2,1-3H3. The fourth-order valence-corrected chi connectivity index (χ4v) is 1.70. The predicted molar refractivity (Wildman–Crippen MR) is 75.1 cm³/mol. The minimum atomic E-state index is -0.550. The maximum Gasteiger partial charge on any atom is 0.341 e. The molecule has 0 aliphatic rings. The third-order valence-electron chi connectivity index (χ3n) is 2.79. The summed E-state index contributed by atoms with van der Waals surface area (Å²) < 4.78 is 9.37. The molecule has 0 aromatic rings. The smallest absolute Gasteiger partial charge is 0.341 e. The number of hydrogen-bond acceptors (Lipinski definition) is 5. The zero-order valence-corrected chi connectivity index (χ0v) is 12.6. The summed E-state index contributed by atoms with van der Waals surface area (Å²) in [5, 5.41) is 0. The summed E-state index contributed by atoms with van der Waals surface area (Å²) in [6, 6.07) is 0. The molecule has 0 saturated heterocycles. The van der Waals surface area contributed by atoms with Crippen LogP contribution >= 0.6 is 0 Å². The molecule has 0 N–H and O–H groups in total. The maximum absolute atomic E-state index is 11.5. The molecule has 0 aliphatic carbocycles. The minimum Gasteiger partial charge on any atom is -0.469 e. The number of ketones is 1. The molecule has 0 aromatic heterocycles. The number of carbonyl (C=O) groups is 3. The fourth-order valence-electron chi connectivity index (χ4n) is 1.70. The lowest BCUT2D eigenvalue weighted by Gasteiger charge is -2.03. The number of hydrogen-bond donors (Lipinski definition) is 0.